The summed E-state index contributed by atoms with van der Waals surface area (Å²) in [6.07, 6.45) is 0.962. The summed E-state index contributed by atoms with van der Waals surface area (Å²) in [5.74, 6) is 0.0613. The zero-order valence-corrected chi connectivity index (χ0v) is 6.83. The fourth-order valence-electron chi connectivity index (χ4n) is 1.66. The Labute approximate surface area is 71.4 Å². The topological polar surface area (TPSA) is 26.0 Å². The van der Waals surface area contributed by atoms with Crippen molar-refractivity contribution in [1.29, 1.82) is 0 Å². The summed E-state index contributed by atoms with van der Waals surface area (Å²) in [4.78, 5) is 0. The highest BCUT2D eigenvalue weighted by Crippen LogP contribution is 2.41. The van der Waals surface area contributed by atoms with Crippen LogP contribution in [0.25, 0.3) is 0 Å². The molecular weight excluding hydrogens is 153 g/mol. The summed E-state index contributed by atoms with van der Waals surface area (Å²) in [5, 5.41) is 0. The minimum absolute atomic E-state index is 0.0613. The van der Waals surface area contributed by atoms with Crippen LogP contribution in [-0.4, -0.2) is 6.17 Å². The Bertz CT molecular complexity index is 285. The lowest BCUT2D eigenvalue weighted by atomic mass is 9.77. The number of halogens is 1. The van der Waals surface area contributed by atoms with Crippen LogP contribution in [-0.2, 0) is 0 Å². The molecule has 64 valence electrons. The molecular formula is C10H12FN. The van der Waals surface area contributed by atoms with Crippen molar-refractivity contribution >= 4 is 5.69 Å². The van der Waals surface area contributed by atoms with Crippen LogP contribution < -0.4 is 5.73 Å². The standard InChI is InChI=1S/C10H12FN/c11-9-6-5-7(9)8-3-1-2-4-10(8)12/h1-4,7,9H,5-6,12H2. The fraction of sp³-hybridized carbons (Fsp3) is 0.400. The predicted octanol–water partition coefficient (Wildman–Crippen LogP) is 2.48. The van der Waals surface area contributed by atoms with Crippen molar-refractivity contribution in [3.05, 3.63) is 29.8 Å². The molecule has 2 N–H and O–H groups in total. The number of anilines is 1. The molecule has 1 aliphatic carbocycles. The molecule has 0 aromatic heterocycles. The summed E-state index contributed by atoms with van der Waals surface area (Å²) in [6.45, 7) is 0. The van der Waals surface area contributed by atoms with Crippen molar-refractivity contribution in [3.8, 4) is 0 Å². The Morgan fingerprint density at radius 2 is 2.00 bits per heavy atom. The minimum atomic E-state index is -0.672. The van der Waals surface area contributed by atoms with Crippen molar-refractivity contribution in [2.24, 2.45) is 0 Å². The molecule has 0 radical (unpaired) electrons. The minimum Gasteiger partial charge on any atom is -0.398 e. The molecule has 2 rings (SSSR count). The number of hydrogen-bond donors (Lipinski definition) is 1. The van der Waals surface area contributed by atoms with Gasteiger partial charge in [0.1, 0.15) is 6.17 Å². The van der Waals surface area contributed by atoms with Crippen molar-refractivity contribution in [1.82, 2.24) is 0 Å². The van der Waals surface area contributed by atoms with E-state index in [1.807, 2.05) is 24.3 Å². The number of alkyl halides is 1. The number of nitrogens with two attached hydrogens (primary N) is 1. The predicted molar refractivity (Wildman–Crippen MR) is 47.7 cm³/mol. The largest absolute Gasteiger partial charge is 0.398 e. The molecule has 2 heteroatoms. The Kier molecular flexibility index (Phi) is 1.75. The lowest BCUT2D eigenvalue weighted by molar-refractivity contribution is 0.170. The lowest BCUT2D eigenvalue weighted by Crippen LogP contribution is -2.25. The van der Waals surface area contributed by atoms with Gasteiger partial charge in [0.15, 0.2) is 0 Å². The van der Waals surface area contributed by atoms with Crippen LogP contribution in [0.3, 0.4) is 0 Å². The molecule has 0 saturated heterocycles. The average molecular weight is 165 g/mol. The maximum absolute atomic E-state index is 13.0. The van der Waals surface area contributed by atoms with Gasteiger partial charge in [-0.1, -0.05) is 18.2 Å². The van der Waals surface area contributed by atoms with E-state index < -0.39 is 6.17 Å². The van der Waals surface area contributed by atoms with Crippen LogP contribution in [0.2, 0.25) is 0 Å². The maximum atomic E-state index is 13.0. The quantitative estimate of drug-likeness (QED) is 0.635. The van der Waals surface area contributed by atoms with E-state index in [9.17, 15) is 4.39 Å². The van der Waals surface area contributed by atoms with E-state index in [1.54, 1.807) is 0 Å². The number of hydrogen-bond acceptors (Lipinski definition) is 1. The third-order valence-corrected chi connectivity index (χ3v) is 2.59. The van der Waals surface area contributed by atoms with Gasteiger partial charge < -0.3 is 5.73 Å². The second kappa shape index (κ2) is 2.77. The summed E-state index contributed by atoms with van der Waals surface area (Å²) >= 11 is 0. The summed E-state index contributed by atoms with van der Waals surface area (Å²) in [6, 6.07) is 7.55. The van der Waals surface area contributed by atoms with Gasteiger partial charge in [-0.05, 0) is 24.5 Å². The van der Waals surface area contributed by atoms with E-state index in [0.717, 1.165) is 17.7 Å². The molecule has 12 heavy (non-hydrogen) atoms. The highest BCUT2D eigenvalue weighted by atomic mass is 19.1. The van der Waals surface area contributed by atoms with Crippen LogP contribution in [0.15, 0.2) is 24.3 Å². The summed E-state index contributed by atoms with van der Waals surface area (Å²) < 4.78 is 13.0. The fourth-order valence-corrected chi connectivity index (χ4v) is 1.66. The van der Waals surface area contributed by atoms with E-state index in [4.69, 9.17) is 5.73 Å². The van der Waals surface area contributed by atoms with Crippen LogP contribution in [0, 0.1) is 0 Å². The van der Waals surface area contributed by atoms with Gasteiger partial charge in [0.25, 0.3) is 0 Å². The van der Waals surface area contributed by atoms with E-state index >= 15 is 0 Å². The van der Waals surface area contributed by atoms with E-state index in [1.165, 1.54) is 0 Å². The first kappa shape index (κ1) is 7.59. The Morgan fingerprint density at radius 3 is 2.50 bits per heavy atom. The molecule has 0 aliphatic heterocycles. The first-order chi connectivity index (χ1) is 5.79. The smallest absolute Gasteiger partial charge is 0.107 e. The number of benzene rings is 1. The van der Waals surface area contributed by atoms with Gasteiger partial charge in [0.2, 0.25) is 0 Å². The summed E-state index contributed by atoms with van der Waals surface area (Å²) in [5.41, 5.74) is 7.44. The molecule has 0 spiro atoms. The van der Waals surface area contributed by atoms with Crippen molar-refractivity contribution < 1.29 is 4.39 Å². The zero-order chi connectivity index (χ0) is 8.55. The van der Waals surface area contributed by atoms with Gasteiger partial charge in [-0.15, -0.1) is 0 Å². The average Bonchev–Trinajstić information content (AvgIpc) is 2.06. The zero-order valence-electron chi connectivity index (χ0n) is 6.83. The van der Waals surface area contributed by atoms with Gasteiger partial charge in [-0.2, -0.15) is 0 Å². The number of nitrogen functional groups attached to an aromatic ring is 1. The van der Waals surface area contributed by atoms with Crippen molar-refractivity contribution in [2.75, 3.05) is 5.73 Å². The number of rotatable bonds is 1. The van der Waals surface area contributed by atoms with Crippen molar-refractivity contribution in [3.63, 3.8) is 0 Å². The van der Waals surface area contributed by atoms with E-state index in [2.05, 4.69) is 0 Å². The normalized spacial score (nSPS) is 28.1. The molecule has 1 aromatic rings. The summed E-state index contributed by atoms with van der Waals surface area (Å²) in [7, 11) is 0. The first-order valence-corrected chi connectivity index (χ1v) is 4.27. The van der Waals surface area contributed by atoms with Gasteiger partial charge in [0.05, 0.1) is 0 Å². The number of para-hydroxylation sites is 1. The molecule has 1 aliphatic rings. The Balaban J connectivity index is 2.27. The SMILES string of the molecule is Nc1ccccc1C1CCC1F. The van der Waals surface area contributed by atoms with Gasteiger partial charge >= 0.3 is 0 Å². The van der Waals surface area contributed by atoms with Crippen LogP contribution >= 0.6 is 0 Å². The van der Waals surface area contributed by atoms with E-state index in [-0.39, 0.29) is 5.92 Å². The molecule has 2 unspecified atom stereocenters. The van der Waals surface area contributed by atoms with E-state index in [0.29, 0.717) is 6.42 Å². The third kappa shape index (κ3) is 1.07. The molecule has 1 saturated carbocycles. The first-order valence-electron chi connectivity index (χ1n) is 4.27. The Morgan fingerprint density at radius 1 is 1.25 bits per heavy atom. The molecule has 0 heterocycles. The third-order valence-electron chi connectivity index (χ3n) is 2.59. The highest BCUT2D eigenvalue weighted by molar-refractivity contribution is 5.49. The van der Waals surface area contributed by atoms with Gasteiger partial charge in [-0.3, -0.25) is 0 Å². The molecule has 0 bridgehead atoms. The lowest BCUT2D eigenvalue weighted by Gasteiger charge is -2.31. The van der Waals surface area contributed by atoms with Crippen LogP contribution in [0.4, 0.5) is 10.1 Å². The molecule has 0 amide bonds. The van der Waals surface area contributed by atoms with Crippen LogP contribution in [0.5, 0.6) is 0 Å². The monoisotopic (exact) mass is 165 g/mol. The van der Waals surface area contributed by atoms with Crippen LogP contribution in [0.1, 0.15) is 24.3 Å². The maximum Gasteiger partial charge on any atom is 0.107 e. The Hall–Kier alpha value is -1.05. The second-order valence-corrected chi connectivity index (χ2v) is 3.33. The molecule has 1 aromatic carbocycles. The second-order valence-electron chi connectivity index (χ2n) is 3.33. The highest BCUT2D eigenvalue weighted by Gasteiger charge is 2.32. The molecule has 1 fully saturated rings. The van der Waals surface area contributed by atoms with Crippen molar-refractivity contribution in [2.45, 2.75) is 24.9 Å². The molecule has 1 nitrogen and oxygen atoms in total. The van der Waals surface area contributed by atoms with Gasteiger partial charge in [0, 0.05) is 11.6 Å². The van der Waals surface area contributed by atoms with Gasteiger partial charge in [-0.25, -0.2) is 4.39 Å². The molecule has 2 atom stereocenters.